The van der Waals surface area contributed by atoms with E-state index >= 15 is 0 Å². The minimum Gasteiger partial charge on any atom is -0.356 e. The number of aliphatic imine (C=N–C) groups is 1. The highest BCUT2D eigenvalue weighted by atomic mass is 15.3. The quantitative estimate of drug-likeness (QED) is 0.522. The van der Waals surface area contributed by atoms with Crippen LogP contribution in [0.4, 0.5) is 0 Å². The molecule has 0 saturated carbocycles. The van der Waals surface area contributed by atoms with Crippen LogP contribution in [0.15, 0.2) is 47.7 Å². The summed E-state index contributed by atoms with van der Waals surface area (Å²) in [5, 5.41) is 7.82. The number of aryl methyl sites for hydroxylation is 2. The molecule has 5 heteroatoms. The van der Waals surface area contributed by atoms with Crippen molar-refractivity contribution in [1.82, 2.24) is 20.0 Å². The van der Waals surface area contributed by atoms with E-state index in [9.17, 15) is 0 Å². The van der Waals surface area contributed by atoms with E-state index < -0.39 is 0 Å². The average molecular weight is 325 g/mol. The molecule has 1 atom stereocenters. The largest absolute Gasteiger partial charge is 0.356 e. The molecule has 1 fully saturated rings. The first-order valence-corrected chi connectivity index (χ1v) is 8.76. The van der Waals surface area contributed by atoms with Crippen molar-refractivity contribution < 1.29 is 0 Å². The Bertz CT molecular complexity index is 661. The van der Waals surface area contributed by atoms with E-state index in [0.717, 1.165) is 38.6 Å². The molecule has 2 heterocycles. The number of likely N-dealkylation sites (tertiary alicyclic amines) is 1. The summed E-state index contributed by atoms with van der Waals surface area (Å²) in [6.45, 7) is 6.03. The Morgan fingerprint density at radius 1 is 1.33 bits per heavy atom. The number of aromatic nitrogens is 2. The Hall–Kier alpha value is -2.30. The minimum absolute atomic E-state index is 0.608. The molecule has 0 amide bonds. The van der Waals surface area contributed by atoms with E-state index in [-0.39, 0.29) is 0 Å². The highest BCUT2D eigenvalue weighted by molar-refractivity contribution is 5.80. The van der Waals surface area contributed by atoms with Crippen molar-refractivity contribution in [3.8, 4) is 0 Å². The number of guanidine groups is 1. The van der Waals surface area contributed by atoms with Crippen molar-refractivity contribution in [2.45, 2.75) is 32.2 Å². The maximum Gasteiger partial charge on any atom is 0.193 e. The average Bonchev–Trinajstić information content (AvgIpc) is 3.25. The van der Waals surface area contributed by atoms with Crippen molar-refractivity contribution in [1.29, 1.82) is 0 Å². The lowest BCUT2D eigenvalue weighted by Gasteiger charge is -2.21. The third-order valence-corrected chi connectivity index (χ3v) is 4.58. The van der Waals surface area contributed by atoms with Gasteiger partial charge in [-0.2, -0.15) is 5.10 Å². The van der Waals surface area contributed by atoms with Gasteiger partial charge < -0.3 is 10.2 Å². The van der Waals surface area contributed by atoms with E-state index in [4.69, 9.17) is 0 Å². The predicted octanol–water partition coefficient (Wildman–Crippen LogP) is 2.65. The Kier molecular flexibility index (Phi) is 5.51. The van der Waals surface area contributed by atoms with E-state index in [2.05, 4.69) is 63.8 Å². The molecule has 3 rings (SSSR count). The standard InChI is InChI=1S/C19H27N5/c1-16-13-22-24(14-16)11-6-10-21-19(20-2)23-12-9-18(15-23)17-7-4-3-5-8-17/h3-5,7-8,13-14,18H,6,9-12,15H2,1-2H3,(H,20,21). The first-order valence-electron chi connectivity index (χ1n) is 8.76. The fraction of sp³-hybridized carbons (Fsp3) is 0.474. The van der Waals surface area contributed by atoms with Crippen molar-refractivity contribution in [2.24, 2.45) is 4.99 Å². The van der Waals surface area contributed by atoms with Crippen molar-refractivity contribution in [3.63, 3.8) is 0 Å². The maximum atomic E-state index is 4.46. The van der Waals surface area contributed by atoms with E-state index in [1.165, 1.54) is 17.5 Å². The van der Waals surface area contributed by atoms with Crippen LogP contribution in [-0.4, -0.2) is 47.3 Å². The van der Waals surface area contributed by atoms with Crippen LogP contribution in [0.3, 0.4) is 0 Å². The zero-order valence-corrected chi connectivity index (χ0v) is 14.7. The summed E-state index contributed by atoms with van der Waals surface area (Å²) in [6, 6.07) is 10.8. The van der Waals surface area contributed by atoms with Gasteiger partial charge in [-0.05, 0) is 30.9 Å². The molecule has 5 nitrogen and oxygen atoms in total. The first-order chi connectivity index (χ1) is 11.8. The van der Waals surface area contributed by atoms with E-state index in [0.29, 0.717) is 5.92 Å². The lowest BCUT2D eigenvalue weighted by Crippen LogP contribution is -2.40. The van der Waals surface area contributed by atoms with Crippen LogP contribution in [0, 0.1) is 6.92 Å². The number of benzene rings is 1. The zero-order valence-electron chi connectivity index (χ0n) is 14.7. The molecule has 0 aliphatic carbocycles. The smallest absolute Gasteiger partial charge is 0.193 e. The van der Waals surface area contributed by atoms with Gasteiger partial charge in [0.05, 0.1) is 6.20 Å². The highest BCUT2D eigenvalue weighted by Crippen LogP contribution is 2.26. The summed E-state index contributed by atoms with van der Waals surface area (Å²) in [4.78, 5) is 6.83. The van der Waals surface area contributed by atoms with Gasteiger partial charge in [0, 0.05) is 45.3 Å². The molecule has 1 aliphatic heterocycles. The monoisotopic (exact) mass is 325 g/mol. The van der Waals surface area contributed by atoms with Gasteiger partial charge in [0.2, 0.25) is 0 Å². The van der Waals surface area contributed by atoms with Crippen LogP contribution in [0.2, 0.25) is 0 Å². The summed E-state index contributed by atoms with van der Waals surface area (Å²) in [7, 11) is 1.87. The molecule has 1 aromatic carbocycles. The summed E-state index contributed by atoms with van der Waals surface area (Å²) in [6.07, 6.45) is 6.22. The fourth-order valence-electron chi connectivity index (χ4n) is 3.31. The molecule has 0 bridgehead atoms. The van der Waals surface area contributed by atoms with Crippen LogP contribution < -0.4 is 5.32 Å². The number of rotatable bonds is 5. The van der Waals surface area contributed by atoms with E-state index in [1.807, 2.05) is 17.9 Å². The Balaban J connectivity index is 1.45. The molecular weight excluding hydrogens is 298 g/mol. The molecule has 1 saturated heterocycles. The summed E-state index contributed by atoms with van der Waals surface area (Å²) >= 11 is 0. The molecule has 2 aromatic rings. The van der Waals surface area contributed by atoms with Crippen molar-refractivity contribution in [3.05, 3.63) is 53.9 Å². The minimum atomic E-state index is 0.608. The maximum absolute atomic E-state index is 4.46. The van der Waals surface area contributed by atoms with Gasteiger partial charge in [-0.3, -0.25) is 9.67 Å². The summed E-state index contributed by atoms with van der Waals surface area (Å²) in [5.74, 6) is 1.63. The second kappa shape index (κ2) is 7.99. The van der Waals surface area contributed by atoms with Crippen LogP contribution in [0.25, 0.3) is 0 Å². The lowest BCUT2D eigenvalue weighted by molar-refractivity contribution is 0.479. The topological polar surface area (TPSA) is 45.5 Å². The zero-order chi connectivity index (χ0) is 16.8. The molecule has 24 heavy (non-hydrogen) atoms. The molecule has 1 unspecified atom stereocenters. The molecule has 0 radical (unpaired) electrons. The molecule has 1 aliphatic rings. The number of nitrogens with zero attached hydrogens (tertiary/aromatic N) is 4. The van der Waals surface area contributed by atoms with Gasteiger partial charge in [-0.1, -0.05) is 30.3 Å². The Morgan fingerprint density at radius 2 is 2.17 bits per heavy atom. The van der Waals surface area contributed by atoms with Crippen molar-refractivity contribution in [2.75, 3.05) is 26.7 Å². The van der Waals surface area contributed by atoms with Gasteiger partial charge in [0.1, 0.15) is 0 Å². The Labute approximate surface area is 144 Å². The highest BCUT2D eigenvalue weighted by Gasteiger charge is 2.25. The van der Waals surface area contributed by atoms with Gasteiger partial charge in [-0.25, -0.2) is 0 Å². The number of hydrogen-bond acceptors (Lipinski definition) is 2. The van der Waals surface area contributed by atoms with Gasteiger partial charge in [0.15, 0.2) is 5.96 Å². The number of nitrogens with one attached hydrogen (secondary N) is 1. The molecular formula is C19H27N5. The van der Waals surface area contributed by atoms with E-state index in [1.54, 1.807) is 0 Å². The third-order valence-electron chi connectivity index (χ3n) is 4.58. The lowest BCUT2D eigenvalue weighted by atomic mass is 9.99. The van der Waals surface area contributed by atoms with Gasteiger partial charge >= 0.3 is 0 Å². The number of hydrogen-bond donors (Lipinski definition) is 1. The van der Waals surface area contributed by atoms with Crippen LogP contribution in [0.1, 0.15) is 29.9 Å². The Morgan fingerprint density at radius 3 is 2.88 bits per heavy atom. The molecule has 0 spiro atoms. The van der Waals surface area contributed by atoms with Crippen LogP contribution in [0.5, 0.6) is 0 Å². The fourth-order valence-corrected chi connectivity index (χ4v) is 3.31. The summed E-state index contributed by atoms with van der Waals surface area (Å²) in [5.41, 5.74) is 2.65. The molecule has 1 aromatic heterocycles. The molecule has 128 valence electrons. The second-order valence-corrected chi connectivity index (χ2v) is 6.45. The third kappa shape index (κ3) is 4.16. The van der Waals surface area contributed by atoms with Crippen LogP contribution in [-0.2, 0) is 6.54 Å². The second-order valence-electron chi connectivity index (χ2n) is 6.45. The van der Waals surface area contributed by atoms with Crippen LogP contribution >= 0.6 is 0 Å². The SMILES string of the molecule is CN=C(NCCCn1cc(C)cn1)N1CCC(c2ccccc2)C1. The summed E-state index contributed by atoms with van der Waals surface area (Å²) < 4.78 is 2.00. The van der Waals surface area contributed by atoms with Crippen molar-refractivity contribution >= 4 is 5.96 Å². The first kappa shape index (κ1) is 16.6. The van der Waals surface area contributed by atoms with Gasteiger partial charge in [0.25, 0.3) is 0 Å². The molecule has 1 N–H and O–H groups in total. The van der Waals surface area contributed by atoms with Gasteiger partial charge in [-0.15, -0.1) is 0 Å². The normalized spacial score (nSPS) is 18.2. The predicted molar refractivity (Wildman–Crippen MR) is 98.3 cm³/mol.